The van der Waals surface area contributed by atoms with E-state index in [0.29, 0.717) is 0 Å². The molecule has 0 fully saturated rings. The van der Waals surface area contributed by atoms with E-state index in [1.165, 1.54) is 32.7 Å². The van der Waals surface area contributed by atoms with Crippen molar-refractivity contribution in [3.8, 4) is 0 Å². The van der Waals surface area contributed by atoms with E-state index in [4.69, 9.17) is 0 Å². The number of hydrogen-bond acceptors (Lipinski definition) is 1. The number of aryl methyl sites for hydroxylation is 2. The van der Waals surface area contributed by atoms with Gasteiger partial charge in [0.25, 0.3) is 0 Å². The summed E-state index contributed by atoms with van der Waals surface area (Å²) in [6, 6.07) is 18.3. The Kier molecular flexibility index (Phi) is 3.52. The normalized spacial score (nSPS) is 11.0. The van der Waals surface area contributed by atoms with Crippen molar-refractivity contribution in [1.82, 2.24) is 4.98 Å². The average Bonchev–Trinajstić information content (AvgIpc) is 2.47. The molecule has 1 nitrogen and oxygen atoms in total. The van der Waals surface area contributed by atoms with Gasteiger partial charge in [-0.15, -0.1) is 34.5 Å². The first kappa shape index (κ1) is 14.2. The molecule has 0 saturated heterocycles. The summed E-state index contributed by atoms with van der Waals surface area (Å²) in [6.07, 6.45) is 1.96. The van der Waals surface area contributed by atoms with Crippen LogP contribution in [0.25, 0.3) is 32.4 Å². The minimum Gasteiger partial charge on any atom is -0.303 e. The molecular formula is C19H14IrN-. The zero-order chi connectivity index (χ0) is 13.7. The van der Waals surface area contributed by atoms with E-state index in [1.54, 1.807) is 0 Å². The molecule has 0 aliphatic heterocycles. The van der Waals surface area contributed by atoms with Gasteiger partial charge in [-0.1, -0.05) is 42.8 Å². The maximum atomic E-state index is 4.68. The molecule has 0 atom stereocenters. The van der Waals surface area contributed by atoms with Crippen LogP contribution >= 0.6 is 0 Å². The number of benzene rings is 3. The van der Waals surface area contributed by atoms with Gasteiger partial charge in [-0.05, 0) is 28.6 Å². The molecule has 0 saturated carbocycles. The van der Waals surface area contributed by atoms with Crippen molar-refractivity contribution in [3.63, 3.8) is 0 Å². The molecular weight excluding hydrogens is 434 g/mol. The number of fused-ring (bicyclic) bond motifs is 5. The molecule has 0 bridgehead atoms. The Labute approximate surface area is 137 Å². The summed E-state index contributed by atoms with van der Waals surface area (Å²) in [5.41, 5.74) is 3.59. The van der Waals surface area contributed by atoms with Crippen LogP contribution in [0.15, 0.2) is 48.7 Å². The van der Waals surface area contributed by atoms with Crippen LogP contribution in [0.2, 0.25) is 0 Å². The second-order valence-electron chi connectivity index (χ2n) is 5.39. The van der Waals surface area contributed by atoms with Crippen molar-refractivity contribution in [2.24, 2.45) is 0 Å². The Morgan fingerprint density at radius 2 is 1.71 bits per heavy atom. The molecule has 4 rings (SSSR count). The molecule has 0 aliphatic rings. The third-order valence-electron chi connectivity index (χ3n) is 4.00. The quantitative estimate of drug-likeness (QED) is 0.274. The molecule has 0 unspecified atom stereocenters. The van der Waals surface area contributed by atoms with Gasteiger partial charge in [0.15, 0.2) is 0 Å². The predicted molar refractivity (Wildman–Crippen MR) is 85.1 cm³/mol. The Morgan fingerprint density at radius 3 is 2.57 bits per heavy atom. The minimum atomic E-state index is 0. The van der Waals surface area contributed by atoms with E-state index in [0.717, 1.165) is 10.9 Å². The van der Waals surface area contributed by atoms with Crippen molar-refractivity contribution in [2.45, 2.75) is 13.8 Å². The Hall–Kier alpha value is -1.76. The maximum absolute atomic E-state index is 4.68. The maximum Gasteiger partial charge on any atom is 0.0239 e. The molecule has 0 amide bonds. The summed E-state index contributed by atoms with van der Waals surface area (Å²) in [4.78, 5) is 4.68. The van der Waals surface area contributed by atoms with Crippen LogP contribution in [0.4, 0.5) is 0 Å². The summed E-state index contributed by atoms with van der Waals surface area (Å²) in [5.74, 6) is 0. The second kappa shape index (κ2) is 5.22. The summed E-state index contributed by atoms with van der Waals surface area (Å²) in [7, 11) is 0. The number of rotatable bonds is 0. The SMILES string of the molecule is Cc1ccc2cnc3c4[c-]ccc(C)c4ccc3c2c1.[Ir]. The molecule has 2 heteroatoms. The van der Waals surface area contributed by atoms with Crippen LogP contribution in [0, 0.1) is 19.9 Å². The molecule has 1 radical (unpaired) electrons. The van der Waals surface area contributed by atoms with Gasteiger partial charge in [0, 0.05) is 26.3 Å². The van der Waals surface area contributed by atoms with E-state index in [2.05, 4.69) is 61.3 Å². The molecule has 1 heterocycles. The van der Waals surface area contributed by atoms with Crippen molar-refractivity contribution in [2.75, 3.05) is 0 Å². The molecule has 0 aliphatic carbocycles. The molecule has 0 N–H and O–H groups in total. The summed E-state index contributed by atoms with van der Waals surface area (Å²) in [5, 5.41) is 6.02. The van der Waals surface area contributed by atoms with Crippen LogP contribution in [0.1, 0.15) is 11.1 Å². The zero-order valence-electron chi connectivity index (χ0n) is 11.9. The van der Waals surface area contributed by atoms with E-state index < -0.39 is 0 Å². The molecule has 1 aromatic heterocycles. The topological polar surface area (TPSA) is 12.9 Å². The summed E-state index contributed by atoms with van der Waals surface area (Å²) < 4.78 is 0. The van der Waals surface area contributed by atoms with Crippen molar-refractivity contribution in [3.05, 3.63) is 65.9 Å². The number of hydrogen-bond donors (Lipinski definition) is 0. The van der Waals surface area contributed by atoms with Crippen LogP contribution in [0.3, 0.4) is 0 Å². The third kappa shape index (κ3) is 2.16. The Bertz CT molecular complexity index is 968. The zero-order valence-corrected chi connectivity index (χ0v) is 14.3. The fraction of sp³-hybridized carbons (Fsp3) is 0.105. The van der Waals surface area contributed by atoms with E-state index >= 15 is 0 Å². The average molecular weight is 449 g/mol. The van der Waals surface area contributed by atoms with Gasteiger partial charge in [0.2, 0.25) is 0 Å². The first-order valence-corrected chi connectivity index (χ1v) is 6.83. The Balaban J connectivity index is 0.00000132. The molecule has 3 aromatic carbocycles. The minimum absolute atomic E-state index is 0. The third-order valence-corrected chi connectivity index (χ3v) is 4.00. The molecule has 105 valence electrons. The number of nitrogens with zero attached hydrogens (tertiary/aromatic N) is 1. The standard InChI is InChI=1S/C19H14N.Ir/c1-12-6-7-14-11-20-19-16-5-3-4-13(2)15(16)8-9-17(19)18(14)10-12;/h3-4,6-11H,1-2H3;/q-1;. The van der Waals surface area contributed by atoms with Crippen molar-refractivity contribution in [1.29, 1.82) is 0 Å². The van der Waals surface area contributed by atoms with Gasteiger partial charge in [-0.2, -0.15) is 0 Å². The van der Waals surface area contributed by atoms with Crippen LogP contribution in [0.5, 0.6) is 0 Å². The Morgan fingerprint density at radius 1 is 0.905 bits per heavy atom. The number of aromatic nitrogens is 1. The van der Waals surface area contributed by atoms with Gasteiger partial charge < -0.3 is 4.98 Å². The van der Waals surface area contributed by atoms with Crippen LogP contribution in [-0.2, 0) is 20.1 Å². The second-order valence-corrected chi connectivity index (χ2v) is 5.39. The molecule has 0 spiro atoms. The first-order chi connectivity index (χ1) is 9.74. The monoisotopic (exact) mass is 449 g/mol. The van der Waals surface area contributed by atoms with Gasteiger partial charge in [0.05, 0.1) is 0 Å². The van der Waals surface area contributed by atoms with Gasteiger partial charge in [-0.3, -0.25) is 0 Å². The van der Waals surface area contributed by atoms with Crippen LogP contribution in [-0.4, -0.2) is 4.98 Å². The summed E-state index contributed by atoms with van der Waals surface area (Å²) >= 11 is 0. The van der Waals surface area contributed by atoms with Gasteiger partial charge in [0.1, 0.15) is 0 Å². The van der Waals surface area contributed by atoms with Crippen molar-refractivity contribution >= 4 is 32.4 Å². The van der Waals surface area contributed by atoms with E-state index in [-0.39, 0.29) is 20.1 Å². The van der Waals surface area contributed by atoms with Crippen LogP contribution < -0.4 is 0 Å². The van der Waals surface area contributed by atoms with Crippen molar-refractivity contribution < 1.29 is 20.1 Å². The van der Waals surface area contributed by atoms with Gasteiger partial charge in [-0.25, -0.2) is 0 Å². The fourth-order valence-electron chi connectivity index (χ4n) is 2.91. The fourth-order valence-corrected chi connectivity index (χ4v) is 2.91. The van der Waals surface area contributed by atoms with E-state index in [1.807, 2.05) is 12.3 Å². The number of pyridine rings is 1. The molecule has 4 aromatic rings. The predicted octanol–water partition coefficient (Wildman–Crippen LogP) is 4.96. The first-order valence-electron chi connectivity index (χ1n) is 6.83. The smallest absolute Gasteiger partial charge is 0.0239 e. The largest absolute Gasteiger partial charge is 0.303 e. The van der Waals surface area contributed by atoms with E-state index in [9.17, 15) is 0 Å². The molecule has 21 heavy (non-hydrogen) atoms. The van der Waals surface area contributed by atoms with Gasteiger partial charge >= 0.3 is 0 Å². The summed E-state index contributed by atoms with van der Waals surface area (Å²) in [6.45, 7) is 4.26.